The number of hydrogen-bond donors (Lipinski definition) is 1. The van der Waals surface area contributed by atoms with Crippen LogP contribution in [-0.2, 0) is 0 Å². The lowest BCUT2D eigenvalue weighted by Gasteiger charge is -2.53. The Bertz CT molecular complexity index is 659. The van der Waals surface area contributed by atoms with E-state index < -0.39 is 0 Å². The van der Waals surface area contributed by atoms with Crippen molar-refractivity contribution < 1.29 is 5.11 Å². The maximum Gasteiger partial charge on any atom is 0.0577 e. The van der Waals surface area contributed by atoms with Gasteiger partial charge in [-0.05, 0) is 105 Å². The van der Waals surface area contributed by atoms with Crippen LogP contribution in [0.1, 0.15) is 111 Å². The Balaban J connectivity index is 1.50. The van der Waals surface area contributed by atoms with Crippen molar-refractivity contribution in [1.82, 2.24) is 0 Å². The zero-order chi connectivity index (χ0) is 21.5. The number of rotatable bonds is 5. The van der Waals surface area contributed by atoms with Crippen LogP contribution in [0.4, 0.5) is 0 Å². The highest BCUT2D eigenvalue weighted by Crippen LogP contribution is 2.62. The summed E-state index contributed by atoms with van der Waals surface area (Å²) < 4.78 is 0. The average Bonchev–Trinajstić information content (AvgIpc) is 2.98. The lowest BCUT2D eigenvalue weighted by molar-refractivity contribution is 0.0264. The first kappa shape index (κ1) is 22.6. The minimum atomic E-state index is -0.107. The number of allylic oxidation sites excluding steroid dienone is 2. The Kier molecular flexibility index (Phi) is 6.61. The summed E-state index contributed by atoms with van der Waals surface area (Å²) in [6.45, 7) is 14.6. The smallest absolute Gasteiger partial charge is 0.0577 e. The first-order valence-electron chi connectivity index (χ1n) is 13.3. The standard InChI is InChI=1S/C29H48O/c1-20(2)8-6-7-9-22-10-11-23-18-21(3)26-13-12-24-19-25(30)14-16-29(24,5)27(26)15-17-28(22,23)4/h12,20,22-23,25-27,30H,3,6-11,13-19H2,1-2,4-5H3. The molecule has 3 fully saturated rings. The Morgan fingerprint density at radius 2 is 1.87 bits per heavy atom. The molecular formula is C29H48O. The molecule has 1 N–H and O–H groups in total. The fourth-order valence-electron chi connectivity index (χ4n) is 8.29. The lowest BCUT2D eigenvalue weighted by atomic mass is 9.51. The zero-order valence-corrected chi connectivity index (χ0v) is 20.4. The van der Waals surface area contributed by atoms with Gasteiger partial charge in [0.05, 0.1) is 6.10 Å². The molecule has 0 radical (unpaired) electrons. The van der Waals surface area contributed by atoms with Gasteiger partial charge >= 0.3 is 0 Å². The lowest BCUT2D eigenvalue weighted by Crippen LogP contribution is -2.45. The number of aliphatic hydroxyl groups excluding tert-OH is 1. The van der Waals surface area contributed by atoms with E-state index >= 15 is 0 Å². The summed E-state index contributed by atoms with van der Waals surface area (Å²) in [4.78, 5) is 0. The van der Waals surface area contributed by atoms with Crippen LogP contribution in [0.3, 0.4) is 0 Å². The summed E-state index contributed by atoms with van der Waals surface area (Å²) in [5.41, 5.74) is 3.98. The Morgan fingerprint density at radius 3 is 2.63 bits per heavy atom. The van der Waals surface area contributed by atoms with Crippen molar-refractivity contribution in [3.05, 3.63) is 23.8 Å². The van der Waals surface area contributed by atoms with E-state index in [0.29, 0.717) is 16.7 Å². The third-order valence-electron chi connectivity index (χ3n) is 10.4. The summed E-state index contributed by atoms with van der Waals surface area (Å²) >= 11 is 0. The molecule has 4 aliphatic rings. The molecule has 0 aromatic heterocycles. The molecule has 1 nitrogen and oxygen atoms in total. The summed E-state index contributed by atoms with van der Waals surface area (Å²) in [7, 11) is 0. The quantitative estimate of drug-likeness (QED) is 0.357. The van der Waals surface area contributed by atoms with Crippen LogP contribution in [0.5, 0.6) is 0 Å². The molecule has 0 amide bonds. The SMILES string of the molecule is C=C1CC2CCC(CCCCC(C)C)C2(C)CCC2C1CC=C1CC(O)CCC12C. The van der Waals surface area contributed by atoms with Gasteiger partial charge in [0.2, 0.25) is 0 Å². The van der Waals surface area contributed by atoms with Crippen molar-refractivity contribution in [2.45, 2.75) is 117 Å². The van der Waals surface area contributed by atoms with Crippen molar-refractivity contribution in [1.29, 1.82) is 0 Å². The molecule has 1 heteroatoms. The van der Waals surface area contributed by atoms with Gasteiger partial charge in [0, 0.05) is 0 Å². The molecule has 4 aliphatic carbocycles. The van der Waals surface area contributed by atoms with Gasteiger partial charge in [0.15, 0.2) is 0 Å². The van der Waals surface area contributed by atoms with E-state index in [-0.39, 0.29) is 6.10 Å². The van der Waals surface area contributed by atoms with Gasteiger partial charge in [-0.25, -0.2) is 0 Å². The normalized spacial score (nSPS) is 44.0. The molecule has 30 heavy (non-hydrogen) atoms. The molecule has 0 spiro atoms. The van der Waals surface area contributed by atoms with Crippen molar-refractivity contribution in [3.63, 3.8) is 0 Å². The predicted molar refractivity (Wildman–Crippen MR) is 128 cm³/mol. The number of hydrogen-bond acceptors (Lipinski definition) is 1. The van der Waals surface area contributed by atoms with Gasteiger partial charge in [-0.15, -0.1) is 0 Å². The summed E-state index contributed by atoms with van der Waals surface area (Å²) in [6, 6.07) is 0. The Morgan fingerprint density at radius 1 is 1.07 bits per heavy atom. The molecule has 0 aliphatic heterocycles. The van der Waals surface area contributed by atoms with Crippen LogP contribution in [-0.4, -0.2) is 11.2 Å². The number of aliphatic hydroxyl groups is 1. The Labute approximate surface area is 186 Å². The summed E-state index contributed by atoms with van der Waals surface area (Å²) in [6.07, 6.45) is 19.3. The van der Waals surface area contributed by atoms with Gasteiger partial charge in [-0.2, -0.15) is 0 Å². The topological polar surface area (TPSA) is 20.2 Å². The van der Waals surface area contributed by atoms with E-state index in [1.807, 2.05) is 0 Å². The molecule has 7 unspecified atom stereocenters. The van der Waals surface area contributed by atoms with E-state index in [1.54, 1.807) is 11.1 Å². The van der Waals surface area contributed by atoms with Crippen LogP contribution >= 0.6 is 0 Å². The van der Waals surface area contributed by atoms with Crippen LogP contribution in [0, 0.1) is 40.4 Å². The predicted octanol–water partition coefficient (Wildman–Crippen LogP) is 8.09. The maximum absolute atomic E-state index is 10.3. The summed E-state index contributed by atoms with van der Waals surface area (Å²) in [5, 5.41) is 10.3. The van der Waals surface area contributed by atoms with Gasteiger partial charge in [-0.1, -0.05) is 70.8 Å². The fourth-order valence-corrected chi connectivity index (χ4v) is 8.29. The highest BCUT2D eigenvalue weighted by molar-refractivity contribution is 5.27. The molecule has 0 saturated heterocycles. The fraction of sp³-hybridized carbons (Fsp3) is 0.862. The van der Waals surface area contributed by atoms with Gasteiger partial charge in [-0.3, -0.25) is 0 Å². The third kappa shape index (κ3) is 4.10. The minimum absolute atomic E-state index is 0.107. The van der Waals surface area contributed by atoms with Crippen molar-refractivity contribution in [2.75, 3.05) is 0 Å². The second-order valence-electron chi connectivity index (χ2n) is 12.5. The molecule has 0 bridgehead atoms. The zero-order valence-electron chi connectivity index (χ0n) is 20.4. The van der Waals surface area contributed by atoms with Crippen LogP contribution in [0.25, 0.3) is 0 Å². The van der Waals surface area contributed by atoms with Crippen molar-refractivity contribution >= 4 is 0 Å². The molecule has 0 heterocycles. The van der Waals surface area contributed by atoms with E-state index in [9.17, 15) is 5.11 Å². The van der Waals surface area contributed by atoms with Crippen LogP contribution in [0.2, 0.25) is 0 Å². The van der Waals surface area contributed by atoms with E-state index in [4.69, 9.17) is 6.58 Å². The minimum Gasteiger partial charge on any atom is -0.393 e. The third-order valence-corrected chi connectivity index (χ3v) is 10.4. The van der Waals surface area contributed by atoms with Crippen LogP contribution < -0.4 is 0 Å². The highest BCUT2D eigenvalue weighted by atomic mass is 16.3. The largest absolute Gasteiger partial charge is 0.393 e. The van der Waals surface area contributed by atoms with Gasteiger partial charge in [0.1, 0.15) is 0 Å². The van der Waals surface area contributed by atoms with Crippen molar-refractivity contribution in [3.8, 4) is 0 Å². The molecule has 0 aromatic rings. The Hall–Kier alpha value is -0.560. The first-order valence-corrected chi connectivity index (χ1v) is 13.3. The molecule has 3 saturated carbocycles. The average molecular weight is 413 g/mol. The molecule has 7 atom stereocenters. The van der Waals surface area contributed by atoms with E-state index in [1.165, 1.54) is 70.6 Å². The first-order chi connectivity index (χ1) is 14.2. The number of unbranched alkanes of at least 4 members (excludes halogenated alkanes) is 1. The van der Waals surface area contributed by atoms with Crippen LogP contribution in [0.15, 0.2) is 23.8 Å². The summed E-state index contributed by atoms with van der Waals surface area (Å²) in [5.74, 6) is 4.08. The molecule has 170 valence electrons. The highest BCUT2D eigenvalue weighted by Gasteiger charge is 2.52. The monoisotopic (exact) mass is 412 g/mol. The molecule has 4 rings (SSSR count). The van der Waals surface area contributed by atoms with E-state index in [0.717, 1.165) is 36.5 Å². The van der Waals surface area contributed by atoms with Crippen molar-refractivity contribution in [2.24, 2.45) is 40.4 Å². The second kappa shape index (κ2) is 8.76. The van der Waals surface area contributed by atoms with Gasteiger partial charge < -0.3 is 5.11 Å². The second-order valence-corrected chi connectivity index (χ2v) is 12.5. The maximum atomic E-state index is 10.3. The molecule has 0 aromatic carbocycles. The van der Waals surface area contributed by atoms with E-state index in [2.05, 4.69) is 33.8 Å². The molecular weight excluding hydrogens is 364 g/mol. The number of fused-ring (bicyclic) bond motifs is 4. The van der Waals surface area contributed by atoms with Gasteiger partial charge in [0.25, 0.3) is 0 Å².